The van der Waals surface area contributed by atoms with Crippen LogP contribution in [0.1, 0.15) is 20.8 Å². The molecule has 1 aliphatic heterocycles. The second-order valence-corrected chi connectivity index (χ2v) is 4.44. The van der Waals surface area contributed by atoms with E-state index in [0.717, 1.165) is 5.70 Å². The van der Waals surface area contributed by atoms with Gasteiger partial charge in [-0.1, -0.05) is 20.8 Å². The second kappa shape index (κ2) is 3.78. The molecule has 0 atom stereocenters. The predicted octanol–water partition coefficient (Wildman–Crippen LogP) is 3.03. The zero-order chi connectivity index (χ0) is 10.8. The average molecular weight is 192 g/mol. The summed E-state index contributed by atoms with van der Waals surface area (Å²) < 4.78 is 0. The molecule has 0 aliphatic carbocycles. The molecule has 1 rings (SSSR count). The minimum atomic E-state index is 0.0970. The first-order valence-electron chi connectivity index (χ1n) is 4.61. The molecular weight excluding hydrogens is 176 g/mol. The number of rotatable bonds is 1. The molecule has 1 aliphatic rings. The fourth-order valence-corrected chi connectivity index (χ4v) is 1.24. The lowest BCUT2D eigenvalue weighted by Crippen LogP contribution is -2.17. The minimum absolute atomic E-state index is 0.0970. The van der Waals surface area contributed by atoms with Gasteiger partial charge in [0.05, 0.1) is 11.9 Å². The fraction of sp³-hybridized carbons (Fsp3) is 0.455. The third-order valence-electron chi connectivity index (χ3n) is 2.24. The molecule has 1 heterocycles. The van der Waals surface area contributed by atoms with Gasteiger partial charge in [-0.05, 0) is 28.3 Å². The Morgan fingerprint density at radius 1 is 1.43 bits per heavy atom. The summed E-state index contributed by atoms with van der Waals surface area (Å²) in [5.41, 5.74) is 2.12. The molecule has 0 aromatic carbocycles. The molecule has 76 valence electrons. The van der Waals surface area contributed by atoms with E-state index in [-0.39, 0.29) is 5.41 Å². The van der Waals surface area contributed by atoms with E-state index < -0.39 is 0 Å². The SMILES string of the molecule is CN1C=CC(C(C)(C)C)=C/C1=C\N=O. The lowest BCUT2D eigenvalue weighted by atomic mass is 9.85. The lowest BCUT2D eigenvalue weighted by Gasteiger charge is -2.27. The first-order valence-corrected chi connectivity index (χ1v) is 4.61. The number of allylic oxidation sites excluding steroid dienone is 3. The lowest BCUT2D eigenvalue weighted by molar-refractivity contribution is 0.498. The van der Waals surface area contributed by atoms with Crippen LogP contribution < -0.4 is 0 Å². The van der Waals surface area contributed by atoms with Crippen LogP contribution >= 0.6 is 0 Å². The van der Waals surface area contributed by atoms with Gasteiger partial charge in [0.25, 0.3) is 0 Å². The van der Waals surface area contributed by atoms with Gasteiger partial charge in [0.1, 0.15) is 0 Å². The smallest absolute Gasteiger partial charge is 0.0951 e. The van der Waals surface area contributed by atoms with Gasteiger partial charge in [0.2, 0.25) is 0 Å². The Morgan fingerprint density at radius 2 is 2.07 bits per heavy atom. The average Bonchev–Trinajstić information content (AvgIpc) is 2.07. The van der Waals surface area contributed by atoms with Crippen LogP contribution in [0.4, 0.5) is 0 Å². The molecule has 0 aromatic heterocycles. The van der Waals surface area contributed by atoms with Crippen LogP contribution in [0.15, 0.2) is 41.0 Å². The van der Waals surface area contributed by atoms with Crippen LogP contribution in [0.25, 0.3) is 0 Å². The van der Waals surface area contributed by atoms with Gasteiger partial charge in [-0.2, -0.15) is 0 Å². The third kappa shape index (κ3) is 2.31. The normalized spacial score (nSPS) is 19.9. The molecular formula is C11H16N2O. The zero-order valence-electron chi connectivity index (χ0n) is 9.11. The molecule has 0 saturated heterocycles. The summed E-state index contributed by atoms with van der Waals surface area (Å²) in [6.45, 7) is 6.42. The quantitative estimate of drug-likeness (QED) is 0.598. The minimum Gasteiger partial charge on any atom is -0.350 e. The predicted molar refractivity (Wildman–Crippen MR) is 58.3 cm³/mol. The van der Waals surface area contributed by atoms with E-state index in [1.807, 2.05) is 24.2 Å². The Morgan fingerprint density at radius 3 is 2.57 bits per heavy atom. The van der Waals surface area contributed by atoms with E-state index >= 15 is 0 Å². The number of nitroso groups, excluding NO2 is 1. The van der Waals surface area contributed by atoms with E-state index in [9.17, 15) is 4.91 Å². The highest BCUT2D eigenvalue weighted by molar-refractivity contribution is 5.37. The summed E-state index contributed by atoms with van der Waals surface area (Å²) in [6, 6.07) is 0. The highest BCUT2D eigenvalue weighted by Gasteiger charge is 2.18. The Kier molecular flexibility index (Phi) is 2.89. The van der Waals surface area contributed by atoms with Crippen molar-refractivity contribution in [1.29, 1.82) is 0 Å². The topological polar surface area (TPSA) is 32.7 Å². The van der Waals surface area contributed by atoms with Crippen LogP contribution in [0.5, 0.6) is 0 Å². The number of nitrogens with zero attached hydrogens (tertiary/aromatic N) is 2. The zero-order valence-corrected chi connectivity index (χ0v) is 9.11. The molecule has 0 amide bonds. The Hall–Kier alpha value is -1.38. The molecule has 0 N–H and O–H groups in total. The summed E-state index contributed by atoms with van der Waals surface area (Å²) >= 11 is 0. The molecule has 0 radical (unpaired) electrons. The van der Waals surface area contributed by atoms with E-state index in [2.05, 4.69) is 32.0 Å². The van der Waals surface area contributed by atoms with Gasteiger partial charge < -0.3 is 4.90 Å². The largest absolute Gasteiger partial charge is 0.350 e. The van der Waals surface area contributed by atoms with Crippen LogP contribution in [-0.2, 0) is 0 Å². The first kappa shape index (κ1) is 10.7. The van der Waals surface area contributed by atoms with Crippen molar-refractivity contribution in [2.45, 2.75) is 20.8 Å². The maximum absolute atomic E-state index is 10.2. The number of hydrogen-bond acceptors (Lipinski definition) is 3. The Labute approximate surface area is 84.8 Å². The molecule has 3 nitrogen and oxygen atoms in total. The van der Waals surface area contributed by atoms with E-state index in [4.69, 9.17) is 0 Å². The van der Waals surface area contributed by atoms with Crippen molar-refractivity contribution in [2.24, 2.45) is 10.6 Å². The summed E-state index contributed by atoms with van der Waals surface area (Å²) in [5, 5.41) is 2.79. The summed E-state index contributed by atoms with van der Waals surface area (Å²) in [6.07, 6.45) is 7.32. The molecule has 0 aromatic rings. The molecule has 0 spiro atoms. The van der Waals surface area contributed by atoms with E-state index in [1.54, 1.807) is 0 Å². The fourth-order valence-electron chi connectivity index (χ4n) is 1.24. The molecule has 0 saturated carbocycles. The van der Waals surface area contributed by atoms with Crippen molar-refractivity contribution in [3.05, 3.63) is 40.7 Å². The monoisotopic (exact) mass is 192 g/mol. The number of hydrogen-bond donors (Lipinski definition) is 0. The van der Waals surface area contributed by atoms with Crippen LogP contribution in [0.3, 0.4) is 0 Å². The molecule has 0 bridgehead atoms. The second-order valence-electron chi connectivity index (χ2n) is 4.44. The van der Waals surface area contributed by atoms with Crippen molar-refractivity contribution >= 4 is 0 Å². The highest BCUT2D eigenvalue weighted by Crippen LogP contribution is 2.30. The standard InChI is InChI=1S/C11H16N2O/c1-11(2,3)9-5-6-13(4)10(7-9)8-12-14/h5-8H,1-4H3/b10-8+. The van der Waals surface area contributed by atoms with Gasteiger partial charge in [-0.15, -0.1) is 4.91 Å². The third-order valence-corrected chi connectivity index (χ3v) is 2.24. The van der Waals surface area contributed by atoms with Crippen molar-refractivity contribution in [1.82, 2.24) is 4.90 Å². The van der Waals surface area contributed by atoms with E-state index in [1.165, 1.54) is 11.8 Å². The van der Waals surface area contributed by atoms with Crippen molar-refractivity contribution < 1.29 is 0 Å². The molecule has 0 fully saturated rings. The van der Waals surface area contributed by atoms with Gasteiger partial charge in [-0.3, -0.25) is 0 Å². The Bertz CT molecular complexity index is 319. The number of likely N-dealkylation sites (N-methyl/N-ethyl adjacent to an activating group) is 1. The van der Waals surface area contributed by atoms with Crippen molar-refractivity contribution in [2.75, 3.05) is 7.05 Å². The van der Waals surface area contributed by atoms with Crippen LogP contribution in [0.2, 0.25) is 0 Å². The summed E-state index contributed by atoms with van der Waals surface area (Å²) in [4.78, 5) is 12.0. The van der Waals surface area contributed by atoms with Crippen LogP contribution in [-0.4, -0.2) is 11.9 Å². The van der Waals surface area contributed by atoms with Crippen molar-refractivity contribution in [3.63, 3.8) is 0 Å². The maximum Gasteiger partial charge on any atom is 0.0951 e. The van der Waals surface area contributed by atoms with E-state index in [0.29, 0.717) is 0 Å². The van der Waals surface area contributed by atoms with Gasteiger partial charge in [0.15, 0.2) is 0 Å². The van der Waals surface area contributed by atoms with Gasteiger partial charge in [0, 0.05) is 13.2 Å². The van der Waals surface area contributed by atoms with Crippen molar-refractivity contribution in [3.8, 4) is 0 Å². The Balaban J connectivity index is 3.03. The van der Waals surface area contributed by atoms with Gasteiger partial charge >= 0.3 is 0 Å². The summed E-state index contributed by atoms with van der Waals surface area (Å²) in [7, 11) is 1.89. The highest BCUT2D eigenvalue weighted by atomic mass is 16.2. The summed E-state index contributed by atoms with van der Waals surface area (Å²) in [5.74, 6) is 0. The first-order chi connectivity index (χ1) is 6.45. The van der Waals surface area contributed by atoms with Gasteiger partial charge in [-0.25, -0.2) is 0 Å². The molecule has 14 heavy (non-hydrogen) atoms. The maximum atomic E-state index is 10.2. The molecule has 3 heteroatoms. The molecule has 0 unspecified atom stereocenters. The van der Waals surface area contributed by atoms with Crippen LogP contribution in [0, 0.1) is 10.3 Å².